The summed E-state index contributed by atoms with van der Waals surface area (Å²) in [5.74, 6) is -4.79. The molecule has 0 spiro atoms. The largest absolute Gasteiger partial charge is 0.380 e. The Balaban J connectivity index is 1.83. The first-order valence-corrected chi connectivity index (χ1v) is 10.3. The average molecular weight is 438 g/mol. The van der Waals surface area contributed by atoms with Gasteiger partial charge in [0.05, 0.1) is 0 Å². The van der Waals surface area contributed by atoms with Crippen molar-refractivity contribution in [1.29, 1.82) is 0 Å². The monoisotopic (exact) mass is 438 g/mol. The second-order valence-electron chi connectivity index (χ2n) is 7.92. The minimum absolute atomic E-state index is 0.0269. The van der Waals surface area contributed by atoms with Crippen LogP contribution in [0.5, 0.6) is 0 Å². The zero-order valence-electron chi connectivity index (χ0n) is 17.3. The minimum Gasteiger partial charge on any atom is -0.380 e. The van der Waals surface area contributed by atoms with Crippen molar-refractivity contribution in [1.82, 2.24) is 10.2 Å². The molecular weight excluding hydrogens is 412 g/mol. The lowest BCUT2D eigenvalue weighted by Crippen LogP contribution is -2.44. The van der Waals surface area contributed by atoms with E-state index >= 15 is 0 Å². The van der Waals surface area contributed by atoms with E-state index in [9.17, 15) is 27.5 Å². The summed E-state index contributed by atoms with van der Waals surface area (Å²) >= 11 is 0. The number of rotatable bonds is 7. The fourth-order valence-electron chi connectivity index (χ4n) is 4.27. The molecule has 0 unspecified atom stereocenters. The van der Waals surface area contributed by atoms with E-state index in [4.69, 9.17) is 0 Å². The highest BCUT2D eigenvalue weighted by molar-refractivity contribution is 5.75. The van der Waals surface area contributed by atoms with Crippen LogP contribution in [0.15, 0.2) is 36.4 Å². The van der Waals surface area contributed by atoms with Gasteiger partial charge in [-0.25, -0.2) is 17.6 Å². The minimum atomic E-state index is -1.81. The molecule has 0 aliphatic carbocycles. The van der Waals surface area contributed by atoms with Crippen LogP contribution in [0.4, 0.5) is 17.6 Å². The molecule has 2 aromatic rings. The van der Waals surface area contributed by atoms with Crippen LogP contribution in [0.3, 0.4) is 0 Å². The fourth-order valence-corrected chi connectivity index (χ4v) is 4.27. The van der Waals surface area contributed by atoms with Crippen LogP contribution < -0.4 is 5.32 Å². The first kappa shape index (κ1) is 23.2. The van der Waals surface area contributed by atoms with Crippen molar-refractivity contribution >= 4 is 5.91 Å². The van der Waals surface area contributed by atoms with Gasteiger partial charge in [0.1, 0.15) is 5.60 Å². The molecule has 1 heterocycles. The van der Waals surface area contributed by atoms with Gasteiger partial charge in [-0.1, -0.05) is 12.1 Å². The molecule has 31 heavy (non-hydrogen) atoms. The number of carbonyl (C=O) groups excluding carboxylic acids is 1. The van der Waals surface area contributed by atoms with E-state index in [1.54, 1.807) is 7.05 Å². The maximum absolute atomic E-state index is 14.0. The molecule has 168 valence electrons. The van der Waals surface area contributed by atoms with E-state index in [0.717, 1.165) is 30.8 Å². The standard InChI is InChI=1S/C23H26F4N2O2/c1-28-22(30)3-2-10-29-11-8-15(9-12-29)23(31,16-4-6-18(24)20(26)13-16)17-5-7-19(25)21(27)14-17/h4-7,13-15,31H,2-3,8-12H2,1H3,(H,28,30). The van der Waals surface area contributed by atoms with Crippen LogP contribution in [-0.2, 0) is 10.4 Å². The van der Waals surface area contributed by atoms with Gasteiger partial charge < -0.3 is 15.3 Å². The fraction of sp³-hybridized carbons (Fsp3) is 0.435. The zero-order valence-corrected chi connectivity index (χ0v) is 17.3. The predicted octanol–water partition coefficient (Wildman–Crippen LogP) is 3.72. The van der Waals surface area contributed by atoms with Crippen LogP contribution in [0.2, 0.25) is 0 Å². The van der Waals surface area contributed by atoms with Crippen molar-refractivity contribution in [3.63, 3.8) is 0 Å². The molecule has 3 rings (SSSR count). The number of amides is 1. The Labute approximate surface area is 178 Å². The van der Waals surface area contributed by atoms with Gasteiger partial charge in [-0.05, 0) is 80.2 Å². The molecule has 8 heteroatoms. The summed E-state index contributed by atoms with van der Waals surface area (Å²) in [6.07, 6.45) is 2.13. The third-order valence-electron chi connectivity index (χ3n) is 6.05. The Hall–Kier alpha value is -2.45. The lowest BCUT2D eigenvalue weighted by Gasteiger charge is -2.42. The normalized spacial score (nSPS) is 15.8. The first-order chi connectivity index (χ1) is 14.8. The second-order valence-corrected chi connectivity index (χ2v) is 7.92. The Morgan fingerprint density at radius 2 is 1.52 bits per heavy atom. The summed E-state index contributed by atoms with van der Waals surface area (Å²) in [4.78, 5) is 13.5. The average Bonchev–Trinajstić information content (AvgIpc) is 2.77. The molecule has 0 bridgehead atoms. The van der Waals surface area contributed by atoms with Crippen LogP contribution in [-0.4, -0.2) is 42.6 Å². The number of likely N-dealkylation sites (tertiary alicyclic amines) is 1. The number of hydrogen-bond donors (Lipinski definition) is 2. The maximum atomic E-state index is 14.0. The van der Waals surface area contributed by atoms with Gasteiger partial charge in [0.2, 0.25) is 5.91 Å². The quantitative estimate of drug-likeness (QED) is 0.648. The lowest BCUT2D eigenvalue weighted by atomic mass is 9.72. The summed E-state index contributed by atoms with van der Waals surface area (Å²) in [7, 11) is 1.59. The topological polar surface area (TPSA) is 52.6 Å². The molecule has 1 fully saturated rings. The zero-order chi connectivity index (χ0) is 22.6. The third-order valence-corrected chi connectivity index (χ3v) is 6.05. The molecule has 4 nitrogen and oxygen atoms in total. The predicted molar refractivity (Wildman–Crippen MR) is 108 cm³/mol. The Morgan fingerprint density at radius 3 is 1.97 bits per heavy atom. The molecule has 1 aliphatic heterocycles. The van der Waals surface area contributed by atoms with Gasteiger partial charge in [-0.3, -0.25) is 4.79 Å². The van der Waals surface area contributed by atoms with Crippen molar-refractivity contribution in [2.45, 2.75) is 31.3 Å². The van der Waals surface area contributed by atoms with Crippen molar-refractivity contribution in [3.05, 3.63) is 70.8 Å². The molecule has 0 atom stereocenters. The number of nitrogens with zero attached hydrogens (tertiary/aromatic N) is 1. The number of piperidine rings is 1. The van der Waals surface area contributed by atoms with Crippen LogP contribution in [0.25, 0.3) is 0 Å². The van der Waals surface area contributed by atoms with Gasteiger partial charge in [0.25, 0.3) is 0 Å². The number of carbonyl (C=O) groups is 1. The summed E-state index contributed by atoms with van der Waals surface area (Å²) in [6, 6.07) is 6.20. The van der Waals surface area contributed by atoms with Gasteiger partial charge in [0, 0.05) is 13.5 Å². The molecule has 0 radical (unpaired) electrons. The van der Waals surface area contributed by atoms with E-state index in [-0.39, 0.29) is 17.0 Å². The third kappa shape index (κ3) is 5.07. The van der Waals surface area contributed by atoms with E-state index in [0.29, 0.717) is 38.8 Å². The maximum Gasteiger partial charge on any atom is 0.219 e. The van der Waals surface area contributed by atoms with E-state index < -0.39 is 34.8 Å². The van der Waals surface area contributed by atoms with Gasteiger partial charge in [0.15, 0.2) is 23.3 Å². The van der Waals surface area contributed by atoms with Gasteiger partial charge >= 0.3 is 0 Å². The highest BCUT2D eigenvalue weighted by Gasteiger charge is 2.42. The van der Waals surface area contributed by atoms with Gasteiger partial charge in [-0.2, -0.15) is 0 Å². The molecule has 1 aliphatic rings. The molecule has 1 amide bonds. The molecule has 2 N–H and O–H groups in total. The van der Waals surface area contributed by atoms with Gasteiger partial charge in [-0.15, -0.1) is 0 Å². The lowest BCUT2D eigenvalue weighted by molar-refractivity contribution is -0.120. The van der Waals surface area contributed by atoms with E-state index in [1.165, 1.54) is 12.1 Å². The van der Waals surface area contributed by atoms with Crippen molar-refractivity contribution in [3.8, 4) is 0 Å². The number of hydrogen-bond acceptors (Lipinski definition) is 3. The Morgan fingerprint density at radius 1 is 1.00 bits per heavy atom. The molecular formula is C23H26F4N2O2. The number of nitrogens with one attached hydrogen (secondary N) is 1. The summed E-state index contributed by atoms with van der Waals surface area (Å²) in [5, 5.41) is 14.3. The first-order valence-electron chi connectivity index (χ1n) is 10.3. The van der Waals surface area contributed by atoms with Crippen molar-refractivity contribution in [2.24, 2.45) is 5.92 Å². The smallest absolute Gasteiger partial charge is 0.219 e. The number of halogens is 4. The molecule has 2 aromatic carbocycles. The Bertz CT molecular complexity index is 878. The number of benzene rings is 2. The van der Waals surface area contributed by atoms with E-state index in [1.807, 2.05) is 0 Å². The van der Waals surface area contributed by atoms with Crippen molar-refractivity contribution < 1.29 is 27.5 Å². The van der Waals surface area contributed by atoms with Crippen molar-refractivity contribution in [2.75, 3.05) is 26.7 Å². The molecule has 0 aromatic heterocycles. The van der Waals surface area contributed by atoms with Crippen LogP contribution in [0, 0.1) is 29.2 Å². The molecule has 0 saturated carbocycles. The summed E-state index contributed by atoms with van der Waals surface area (Å²) < 4.78 is 54.9. The SMILES string of the molecule is CNC(=O)CCCN1CCC(C(O)(c2ccc(F)c(F)c2)c2ccc(F)c(F)c2)CC1. The summed E-state index contributed by atoms with van der Waals surface area (Å²) in [5.41, 5.74) is -1.62. The second kappa shape index (κ2) is 9.78. The van der Waals surface area contributed by atoms with E-state index in [2.05, 4.69) is 10.2 Å². The van der Waals surface area contributed by atoms with Crippen LogP contribution >= 0.6 is 0 Å². The van der Waals surface area contributed by atoms with Crippen LogP contribution in [0.1, 0.15) is 36.8 Å². The highest BCUT2D eigenvalue weighted by atomic mass is 19.2. The summed E-state index contributed by atoms with van der Waals surface area (Å²) in [6.45, 7) is 1.96. The molecule has 1 saturated heterocycles. The Kier molecular flexibility index (Phi) is 7.33. The highest BCUT2D eigenvalue weighted by Crippen LogP contribution is 2.42. The number of aliphatic hydroxyl groups is 1.